The molecule has 0 aliphatic heterocycles. The molecule has 0 amide bonds. The lowest BCUT2D eigenvalue weighted by Gasteiger charge is -2.15. The molecule has 0 bridgehead atoms. The maximum Gasteiger partial charge on any atom is 0.325 e. The van der Waals surface area contributed by atoms with Crippen molar-refractivity contribution in [1.29, 1.82) is 0 Å². The van der Waals surface area contributed by atoms with Crippen molar-refractivity contribution in [2.75, 3.05) is 23.7 Å². The molecule has 0 aromatic carbocycles. The van der Waals surface area contributed by atoms with Crippen LogP contribution in [-0.4, -0.2) is 38.9 Å². The van der Waals surface area contributed by atoms with Crippen molar-refractivity contribution >= 4 is 17.9 Å². The number of aliphatic carboxylic acids is 1. The maximum atomic E-state index is 10.5. The van der Waals surface area contributed by atoms with E-state index in [1.54, 1.807) is 0 Å². The Morgan fingerprint density at radius 1 is 1.53 bits per heavy atom. The van der Waals surface area contributed by atoms with E-state index < -0.39 is 5.97 Å². The first-order valence-electron chi connectivity index (χ1n) is 4.75. The van der Waals surface area contributed by atoms with Gasteiger partial charge in [0.05, 0.1) is 0 Å². The Morgan fingerprint density at radius 2 is 2.13 bits per heavy atom. The average molecular weight is 213 g/mol. The highest BCUT2D eigenvalue weighted by Crippen LogP contribution is 2.10. The number of aromatic nitrogens is 3. The minimum Gasteiger partial charge on any atom is -0.480 e. The summed E-state index contributed by atoms with van der Waals surface area (Å²) in [5.74, 6) is -0.393. The number of carboxylic acids is 1. The molecular weight excluding hydrogens is 198 g/mol. The molecule has 0 fully saturated rings. The standard InChI is InChI=1S/C8H15N5O2/c1-3-12(4-2)8-10-7(9)13(11-8)5-6(14)15/h3-5H2,1-2H3,(H,14,15)(H2,9,10,11). The van der Waals surface area contributed by atoms with E-state index in [9.17, 15) is 4.79 Å². The van der Waals surface area contributed by atoms with Gasteiger partial charge in [-0.3, -0.25) is 4.79 Å². The lowest BCUT2D eigenvalue weighted by molar-refractivity contribution is -0.137. The molecule has 0 aliphatic carbocycles. The molecule has 3 N–H and O–H groups in total. The van der Waals surface area contributed by atoms with Crippen molar-refractivity contribution in [2.24, 2.45) is 0 Å². The molecule has 0 atom stereocenters. The number of hydrogen-bond acceptors (Lipinski definition) is 5. The van der Waals surface area contributed by atoms with Gasteiger partial charge >= 0.3 is 5.97 Å². The fourth-order valence-corrected chi connectivity index (χ4v) is 1.23. The van der Waals surface area contributed by atoms with Crippen LogP contribution in [0, 0.1) is 0 Å². The molecular formula is C8H15N5O2. The zero-order chi connectivity index (χ0) is 11.4. The first-order valence-corrected chi connectivity index (χ1v) is 4.75. The third kappa shape index (κ3) is 2.58. The zero-order valence-electron chi connectivity index (χ0n) is 8.84. The van der Waals surface area contributed by atoms with Crippen LogP contribution in [0.4, 0.5) is 11.9 Å². The Hall–Kier alpha value is -1.79. The van der Waals surface area contributed by atoms with Gasteiger partial charge in [0.2, 0.25) is 11.9 Å². The zero-order valence-corrected chi connectivity index (χ0v) is 8.84. The van der Waals surface area contributed by atoms with E-state index in [4.69, 9.17) is 10.8 Å². The Balaban J connectivity index is 2.88. The summed E-state index contributed by atoms with van der Waals surface area (Å²) in [5, 5.41) is 12.6. The van der Waals surface area contributed by atoms with Crippen LogP contribution in [0.3, 0.4) is 0 Å². The fraction of sp³-hybridized carbons (Fsp3) is 0.625. The van der Waals surface area contributed by atoms with Crippen molar-refractivity contribution in [3.8, 4) is 0 Å². The Kier molecular flexibility index (Phi) is 3.48. The first-order chi connectivity index (χ1) is 7.08. The minimum absolute atomic E-state index is 0.124. The largest absolute Gasteiger partial charge is 0.480 e. The highest BCUT2D eigenvalue weighted by Gasteiger charge is 2.13. The molecule has 1 rings (SSSR count). The molecule has 0 radical (unpaired) electrons. The number of nitrogen functional groups attached to an aromatic ring is 1. The minimum atomic E-state index is -0.988. The molecule has 1 heterocycles. The van der Waals surface area contributed by atoms with Gasteiger partial charge in [-0.05, 0) is 13.8 Å². The number of carboxylic acid groups (broad SMARTS) is 1. The summed E-state index contributed by atoms with van der Waals surface area (Å²) in [6.07, 6.45) is 0. The van der Waals surface area contributed by atoms with Gasteiger partial charge in [0.15, 0.2) is 0 Å². The number of nitrogens with zero attached hydrogens (tertiary/aromatic N) is 4. The van der Waals surface area contributed by atoms with E-state index in [-0.39, 0.29) is 12.5 Å². The molecule has 7 heteroatoms. The van der Waals surface area contributed by atoms with Crippen LogP contribution in [0.2, 0.25) is 0 Å². The second-order valence-electron chi connectivity index (χ2n) is 2.99. The number of anilines is 2. The van der Waals surface area contributed by atoms with Crippen LogP contribution in [-0.2, 0) is 11.3 Å². The summed E-state index contributed by atoms with van der Waals surface area (Å²) >= 11 is 0. The molecule has 7 nitrogen and oxygen atoms in total. The highest BCUT2D eigenvalue weighted by atomic mass is 16.4. The van der Waals surface area contributed by atoms with Gasteiger partial charge in [-0.1, -0.05) is 0 Å². The molecule has 0 saturated carbocycles. The van der Waals surface area contributed by atoms with Gasteiger partial charge in [0.1, 0.15) is 6.54 Å². The molecule has 1 aromatic rings. The van der Waals surface area contributed by atoms with E-state index in [0.29, 0.717) is 5.95 Å². The third-order valence-corrected chi connectivity index (χ3v) is 2.02. The van der Waals surface area contributed by atoms with E-state index in [0.717, 1.165) is 13.1 Å². The lowest BCUT2D eigenvalue weighted by atomic mass is 10.5. The molecule has 0 spiro atoms. The van der Waals surface area contributed by atoms with Gasteiger partial charge in [-0.15, -0.1) is 5.10 Å². The second-order valence-corrected chi connectivity index (χ2v) is 2.99. The number of carbonyl (C=O) groups is 1. The molecule has 0 unspecified atom stereocenters. The van der Waals surface area contributed by atoms with Crippen molar-refractivity contribution in [2.45, 2.75) is 20.4 Å². The predicted octanol–water partition coefficient (Wildman–Crippen LogP) is -0.209. The summed E-state index contributed by atoms with van der Waals surface area (Å²) in [4.78, 5) is 16.4. The van der Waals surface area contributed by atoms with Crippen LogP contribution in [0.25, 0.3) is 0 Å². The fourth-order valence-electron chi connectivity index (χ4n) is 1.23. The summed E-state index contributed by atoms with van der Waals surface area (Å²) < 4.78 is 1.18. The Bertz CT molecular complexity index is 345. The summed E-state index contributed by atoms with van der Waals surface area (Å²) in [6.45, 7) is 5.19. The van der Waals surface area contributed by atoms with Gasteiger partial charge < -0.3 is 15.7 Å². The first kappa shape index (κ1) is 11.3. The van der Waals surface area contributed by atoms with Crippen molar-refractivity contribution in [3.63, 3.8) is 0 Å². The number of rotatable bonds is 5. The lowest BCUT2D eigenvalue weighted by Crippen LogP contribution is -2.23. The normalized spacial score (nSPS) is 10.3. The van der Waals surface area contributed by atoms with Crippen molar-refractivity contribution in [1.82, 2.24) is 14.8 Å². The van der Waals surface area contributed by atoms with Gasteiger partial charge in [0, 0.05) is 13.1 Å². The van der Waals surface area contributed by atoms with Crippen molar-refractivity contribution < 1.29 is 9.90 Å². The van der Waals surface area contributed by atoms with Crippen LogP contribution in [0.1, 0.15) is 13.8 Å². The number of nitrogens with two attached hydrogens (primary N) is 1. The molecule has 15 heavy (non-hydrogen) atoms. The van der Waals surface area contributed by atoms with Gasteiger partial charge in [-0.25, -0.2) is 4.68 Å². The van der Waals surface area contributed by atoms with Crippen LogP contribution < -0.4 is 10.6 Å². The SMILES string of the molecule is CCN(CC)c1nc(N)n(CC(=O)O)n1. The Labute approximate surface area is 87.5 Å². The second kappa shape index (κ2) is 4.63. The van der Waals surface area contributed by atoms with E-state index in [1.807, 2.05) is 18.7 Å². The summed E-state index contributed by atoms with van der Waals surface area (Å²) in [6, 6.07) is 0. The van der Waals surface area contributed by atoms with Crippen LogP contribution >= 0.6 is 0 Å². The average Bonchev–Trinajstić information content (AvgIpc) is 2.49. The quantitative estimate of drug-likeness (QED) is 0.702. The smallest absolute Gasteiger partial charge is 0.325 e. The molecule has 0 aliphatic rings. The van der Waals surface area contributed by atoms with Crippen molar-refractivity contribution in [3.05, 3.63) is 0 Å². The van der Waals surface area contributed by atoms with Gasteiger partial charge in [0.25, 0.3) is 0 Å². The topological polar surface area (TPSA) is 97.3 Å². The Morgan fingerprint density at radius 3 is 2.60 bits per heavy atom. The van der Waals surface area contributed by atoms with Crippen LogP contribution in [0.15, 0.2) is 0 Å². The monoisotopic (exact) mass is 213 g/mol. The molecule has 1 aromatic heterocycles. The number of hydrogen-bond donors (Lipinski definition) is 2. The molecule has 0 saturated heterocycles. The van der Waals surface area contributed by atoms with Gasteiger partial charge in [-0.2, -0.15) is 4.98 Å². The van der Waals surface area contributed by atoms with E-state index in [1.165, 1.54) is 4.68 Å². The third-order valence-electron chi connectivity index (χ3n) is 2.02. The summed E-state index contributed by atoms with van der Waals surface area (Å²) in [7, 11) is 0. The van der Waals surface area contributed by atoms with E-state index in [2.05, 4.69) is 10.1 Å². The van der Waals surface area contributed by atoms with E-state index >= 15 is 0 Å². The molecule has 84 valence electrons. The van der Waals surface area contributed by atoms with Crippen LogP contribution in [0.5, 0.6) is 0 Å². The maximum absolute atomic E-state index is 10.5. The predicted molar refractivity (Wildman–Crippen MR) is 55.6 cm³/mol. The summed E-state index contributed by atoms with van der Waals surface area (Å²) in [5.41, 5.74) is 5.54. The highest BCUT2D eigenvalue weighted by molar-refractivity contribution is 5.66.